The summed E-state index contributed by atoms with van der Waals surface area (Å²) in [6.45, 7) is 4.80. The van der Waals surface area contributed by atoms with Crippen LogP contribution in [0.25, 0.3) is 0 Å². The van der Waals surface area contributed by atoms with E-state index in [-0.39, 0.29) is 17.4 Å². The van der Waals surface area contributed by atoms with Gasteiger partial charge in [0.15, 0.2) is 6.61 Å². The number of anilines is 2. The van der Waals surface area contributed by atoms with Gasteiger partial charge in [-0.1, -0.05) is 35.9 Å². The first-order valence-corrected chi connectivity index (χ1v) is 14.3. The maximum absolute atomic E-state index is 13.4. The number of fused-ring (bicyclic) bond motifs is 1. The SMILES string of the molecule is Cc1cc(S(=O)(=O)N2CCCc3ccccc32)ccc1OCC(=O)N1CCN(c2cccc(Cl)c2)CC1. The molecule has 5 rings (SSSR count). The number of hydrogen-bond acceptors (Lipinski definition) is 5. The monoisotopic (exact) mass is 539 g/mol. The van der Waals surface area contributed by atoms with Crippen molar-refractivity contribution in [1.82, 2.24) is 4.90 Å². The number of rotatable bonds is 6. The second-order valence-electron chi connectivity index (χ2n) is 9.37. The van der Waals surface area contributed by atoms with Crippen molar-refractivity contribution in [3.05, 3.63) is 82.9 Å². The second kappa shape index (κ2) is 10.6. The summed E-state index contributed by atoms with van der Waals surface area (Å²) in [5, 5.41) is 0.694. The van der Waals surface area contributed by atoms with Gasteiger partial charge in [-0.3, -0.25) is 9.10 Å². The molecule has 3 aromatic carbocycles. The molecule has 0 atom stereocenters. The lowest BCUT2D eigenvalue weighted by molar-refractivity contribution is -0.133. The third kappa shape index (κ3) is 5.40. The van der Waals surface area contributed by atoms with Crippen LogP contribution in [0.4, 0.5) is 11.4 Å². The van der Waals surface area contributed by atoms with Crippen LogP contribution < -0.4 is 13.9 Å². The minimum Gasteiger partial charge on any atom is -0.483 e. The Morgan fingerprint density at radius 2 is 1.73 bits per heavy atom. The molecular weight excluding hydrogens is 510 g/mol. The van der Waals surface area contributed by atoms with Gasteiger partial charge in [-0.15, -0.1) is 0 Å². The summed E-state index contributed by atoms with van der Waals surface area (Å²) in [4.78, 5) is 17.0. The predicted octanol–water partition coefficient (Wildman–Crippen LogP) is 4.52. The average molecular weight is 540 g/mol. The molecule has 2 heterocycles. The lowest BCUT2D eigenvalue weighted by atomic mass is 10.0. The molecule has 37 heavy (non-hydrogen) atoms. The number of piperazine rings is 1. The molecule has 194 valence electrons. The highest BCUT2D eigenvalue weighted by atomic mass is 35.5. The Morgan fingerprint density at radius 3 is 2.49 bits per heavy atom. The molecular formula is C28H30ClN3O4S. The summed E-state index contributed by atoms with van der Waals surface area (Å²) >= 11 is 6.11. The zero-order valence-electron chi connectivity index (χ0n) is 20.8. The molecule has 2 aliphatic heterocycles. The first kappa shape index (κ1) is 25.4. The normalized spacial score (nSPS) is 15.9. The van der Waals surface area contributed by atoms with Crippen molar-refractivity contribution in [3.63, 3.8) is 0 Å². The zero-order valence-corrected chi connectivity index (χ0v) is 22.3. The average Bonchev–Trinajstić information content (AvgIpc) is 2.92. The van der Waals surface area contributed by atoms with Crippen molar-refractivity contribution in [1.29, 1.82) is 0 Å². The molecule has 0 spiro atoms. The highest BCUT2D eigenvalue weighted by molar-refractivity contribution is 7.92. The maximum Gasteiger partial charge on any atom is 0.264 e. The van der Waals surface area contributed by atoms with Crippen molar-refractivity contribution in [3.8, 4) is 5.75 Å². The third-order valence-electron chi connectivity index (χ3n) is 6.96. The van der Waals surface area contributed by atoms with Crippen LogP contribution in [-0.4, -0.2) is 58.6 Å². The number of benzene rings is 3. The van der Waals surface area contributed by atoms with Crippen molar-refractivity contribution < 1.29 is 17.9 Å². The fraction of sp³-hybridized carbons (Fsp3) is 0.321. The van der Waals surface area contributed by atoms with E-state index in [4.69, 9.17) is 16.3 Å². The van der Waals surface area contributed by atoms with Gasteiger partial charge in [-0.25, -0.2) is 8.42 Å². The Bertz CT molecular complexity index is 1400. The van der Waals surface area contributed by atoms with Gasteiger partial charge >= 0.3 is 0 Å². The molecule has 1 fully saturated rings. The summed E-state index contributed by atoms with van der Waals surface area (Å²) in [5.74, 6) is 0.413. The quantitative estimate of drug-likeness (QED) is 0.461. The molecule has 7 nitrogen and oxygen atoms in total. The number of sulfonamides is 1. The van der Waals surface area contributed by atoms with Gasteiger partial charge in [0, 0.05) is 43.4 Å². The number of ether oxygens (including phenoxy) is 1. The molecule has 0 unspecified atom stereocenters. The standard InChI is InChI=1S/C28H30ClN3O4S/c1-21-18-25(37(34,35)32-13-5-7-22-6-2-3-10-26(22)32)11-12-27(21)36-20-28(33)31-16-14-30(15-17-31)24-9-4-8-23(29)19-24/h2-4,6,8-12,18-19H,5,7,13-17,20H2,1H3. The fourth-order valence-corrected chi connectivity index (χ4v) is 6.75. The van der Waals surface area contributed by atoms with Crippen LogP contribution in [0.2, 0.25) is 5.02 Å². The van der Waals surface area contributed by atoms with Gasteiger partial charge in [0.25, 0.3) is 15.9 Å². The van der Waals surface area contributed by atoms with Crippen molar-refractivity contribution in [2.75, 3.05) is 48.5 Å². The van der Waals surface area contributed by atoms with E-state index in [1.165, 1.54) is 4.31 Å². The first-order valence-electron chi connectivity index (χ1n) is 12.5. The van der Waals surface area contributed by atoms with Gasteiger partial charge < -0.3 is 14.5 Å². The number of aryl methyl sites for hydroxylation is 2. The molecule has 0 radical (unpaired) electrons. The molecule has 0 aliphatic carbocycles. The van der Waals surface area contributed by atoms with Crippen molar-refractivity contribution in [2.24, 2.45) is 0 Å². The summed E-state index contributed by atoms with van der Waals surface area (Å²) in [6, 6.07) is 20.2. The summed E-state index contributed by atoms with van der Waals surface area (Å²) < 4.78 is 34.2. The largest absolute Gasteiger partial charge is 0.483 e. The van der Waals surface area contributed by atoms with Crippen LogP contribution >= 0.6 is 11.6 Å². The second-order valence-corrected chi connectivity index (χ2v) is 11.7. The van der Waals surface area contributed by atoms with Crippen LogP contribution in [0.3, 0.4) is 0 Å². The van der Waals surface area contributed by atoms with E-state index in [0.29, 0.717) is 36.0 Å². The molecule has 0 N–H and O–H groups in total. The Morgan fingerprint density at radius 1 is 0.946 bits per heavy atom. The summed E-state index contributed by atoms with van der Waals surface area (Å²) in [6.07, 6.45) is 1.66. The predicted molar refractivity (Wildman–Crippen MR) is 146 cm³/mol. The number of carbonyl (C=O) groups is 1. The lowest BCUT2D eigenvalue weighted by Gasteiger charge is -2.36. The lowest BCUT2D eigenvalue weighted by Crippen LogP contribution is -2.50. The third-order valence-corrected chi connectivity index (χ3v) is 9.00. The molecule has 1 saturated heterocycles. The minimum atomic E-state index is -3.70. The van der Waals surface area contributed by atoms with E-state index >= 15 is 0 Å². The molecule has 0 bridgehead atoms. The van der Waals surface area contributed by atoms with Gasteiger partial charge in [-0.05, 0) is 73.4 Å². The molecule has 0 saturated carbocycles. The van der Waals surface area contributed by atoms with Gasteiger partial charge in [0.05, 0.1) is 10.6 Å². The molecule has 1 amide bonds. The number of carbonyl (C=O) groups excluding carboxylic acids is 1. The van der Waals surface area contributed by atoms with Gasteiger partial charge in [0.1, 0.15) is 5.75 Å². The van der Waals surface area contributed by atoms with E-state index in [0.717, 1.165) is 42.9 Å². The van der Waals surface area contributed by atoms with E-state index in [2.05, 4.69) is 4.90 Å². The highest BCUT2D eigenvalue weighted by Crippen LogP contribution is 2.33. The molecule has 2 aliphatic rings. The van der Waals surface area contributed by atoms with Gasteiger partial charge in [-0.2, -0.15) is 0 Å². The Kier molecular flexibility index (Phi) is 7.31. The Labute approximate surface area is 223 Å². The number of para-hydroxylation sites is 1. The van der Waals surface area contributed by atoms with E-state index in [1.807, 2.05) is 48.5 Å². The zero-order chi connectivity index (χ0) is 26.0. The topological polar surface area (TPSA) is 70.2 Å². The highest BCUT2D eigenvalue weighted by Gasteiger charge is 2.29. The van der Waals surface area contributed by atoms with Crippen LogP contribution in [0.1, 0.15) is 17.5 Å². The van der Waals surface area contributed by atoms with E-state index < -0.39 is 10.0 Å². The van der Waals surface area contributed by atoms with Crippen molar-refractivity contribution in [2.45, 2.75) is 24.7 Å². The number of halogens is 1. The molecule has 3 aromatic rings. The number of nitrogens with zero attached hydrogens (tertiary/aromatic N) is 3. The van der Waals surface area contributed by atoms with Crippen molar-refractivity contribution >= 4 is 38.9 Å². The maximum atomic E-state index is 13.4. The minimum absolute atomic E-state index is 0.0910. The Hall–Kier alpha value is -3.23. The van der Waals surface area contributed by atoms with Crippen LogP contribution in [0, 0.1) is 6.92 Å². The fourth-order valence-electron chi connectivity index (χ4n) is 4.94. The number of amides is 1. The first-order chi connectivity index (χ1) is 17.8. The van der Waals surface area contributed by atoms with E-state index in [1.54, 1.807) is 30.0 Å². The van der Waals surface area contributed by atoms with Crippen LogP contribution in [0.15, 0.2) is 71.6 Å². The Balaban J connectivity index is 1.20. The van der Waals surface area contributed by atoms with Crippen LogP contribution in [-0.2, 0) is 21.2 Å². The smallest absolute Gasteiger partial charge is 0.264 e. The molecule has 9 heteroatoms. The summed E-state index contributed by atoms with van der Waals surface area (Å²) in [5.41, 5.74) is 3.51. The van der Waals surface area contributed by atoms with E-state index in [9.17, 15) is 13.2 Å². The summed E-state index contributed by atoms with van der Waals surface area (Å²) in [7, 11) is -3.70. The molecule has 0 aromatic heterocycles. The number of hydrogen-bond donors (Lipinski definition) is 0. The van der Waals surface area contributed by atoms with Crippen LogP contribution in [0.5, 0.6) is 5.75 Å². The van der Waals surface area contributed by atoms with Gasteiger partial charge in [0.2, 0.25) is 0 Å².